The first-order valence-corrected chi connectivity index (χ1v) is 12.0. The molecule has 31 heavy (non-hydrogen) atoms. The number of rotatable bonds is 4. The minimum absolute atomic E-state index is 0.368. The molecule has 0 unspecified atom stereocenters. The topological polar surface area (TPSA) is 23.4 Å². The Balaban J connectivity index is 1.85. The second-order valence-corrected chi connectivity index (χ2v) is 10.6. The van der Waals surface area contributed by atoms with Gasteiger partial charge in [0.25, 0.3) is 0 Å². The molecule has 2 heterocycles. The van der Waals surface area contributed by atoms with Gasteiger partial charge in [-0.25, -0.2) is 0 Å². The average molecular weight is 478 g/mol. The van der Waals surface area contributed by atoms with Gasteiger partial charge in [-0.05, 0) is 68.6 Å². The van der Waals surface area contributed by atoms with Crippen LogP contribution in [0.2, 0.25) is 0 Å². The summed E-state index contributed by atoms with van der Waals surface area (Å²) in [7, 11) is -0.385. The molecule has 5 rings (SSSR count). The van der Waals surface area contributed by atoms with Crippen molar-refractivity contribution in [2.24, 2.45) is 0 Å². The van der Waals surface area contributed by atoms with Crippen molar-refractivity contribution in [3.8, 4) is 0 Å². The quantitative estimate of drug-likeness (QED) is 0.301. The Hall–Kier alpha value is -1.82. The van der Waals surface area contributed by atoms with Crippen LogP contribution in [0, 0.1) is 0 Å². The van der Waals surface area contributed by atoms with E-state index in [-0.39, 0.29) is 18.3 Å². The van der Waals surface area contributed by atoms with Crippen LogP contribution in [0.5, 0.6) is 0 Å². The van der Waals surface area contributed by atoms with Crippen molar-refractivity contribution in [3.63, 3.8) is 0 Å². The molecule has 1 fully saturated rings. The number of fused-ring (bicyclic) bond motifs is 5. The molecule has 1 aliphatic rings. The first kappa shape index (κ1) is 21.1. The lowest BCUT2D eigenvalue weighted by molar-refractivity contribution is 0.00578. The lowest BCUT2D eigenvalue weighted by Crippen LogP contribution is -2.41. The van der Waals surface area contributed by atoms with E-state index in [1.807, 2.05) is 0 Å². The second kappa shape index (κ2) is 7.36. The Morgan fingerprint density at radius 3 is 2.23 bits per heavy atom. The minimum atomic E-state index is -0.385. The zero-order valence-corrected chi connectivity index (χ0v) is 20.5. The van der Waals surface area contributed by atoms with Crippen molar-refractivity contribution in [2.75, 3.05) is 0 Å². The third kappa shape index (κ3) is 3.24. The number of hydrogen-bond donors (Lipinski definition) is 0. The van der Waals surface area contributed by atoms with Crippen LogP contribution in [0.4, 0.5) is 0 Å². The van der Waals surface area contributed by atoms with Gasteiger partial charge < -0.3 is 13.9 Å². The van der Waals surface area contributed by atoms with E-state index >= 15 is 0 Å². The van der Waals surface area contributed by atoms with Gasteiger partial charge >= 0.3 is 7.12 Å². The Bertz CT molecular complexity index is 1290. The van der Waals surface area contributed by atoms with E-state index in [0.29, 0.717) is 0 Å². The van der Waals surface area contributed by atoms with Crippen molar-refractivity contribution in [1.29, 1.82) is 0 Å². The molecule has 3 aromatic carbocycles. The van der Waals surface area contributed by atoms with Crippen molar-refractivity contribution >= 4 is 61.1 Å². The van der Waals surface area contributed by atoms with E-state index in [1.54, 1.807) is 0 Å². The number of aryl methyl sites for hydroxylation is 1. The summed E-state index contributed by atoms with van der Waals surface area (Å²) in [5.74, 6) is 0. The lowest BCUT2D eigenvalue weighted by Gasteiger charge is -2.32. The molecule has 3 nitrogen and oxygen atoms in total. The summed E-state index contributed by atoms with van der Waals surface area (Å²) in [6.07, 6.45) is 2.30. The molecule has 0 amide bonds. The maximum atomic E-state index is 6.48. The second-order valence-electron chi connectivity index (χ2n) is 9.66. The largest absolute Gasteiger partial charge is 0.495 e. The molecule has 4 aromatic rings. The maximum Gasteiger partial charge on any atom is 0.495 e. The van der Waals surface area contributed by atoms with Crippen LogP contribution < -0.4 is 5.46 Å². The summed E-state index contributed by atoms with van der Waals surface area (Å²) >= 11 is 3.68. The first-order chi connectivity index (χ1) is 14.7. The number of unbranched alkanes of at least 4 members (excludes halogenated alkanes) is 1. The summed E-state index contributed by atoms with van der Waals surface area (Å²) in [6.45, 7) is 11.7. The summed E-state index contributed by atoms with van der Waals surface area (Å²) in [5, 5.41) is 5.07. The van der Waals surface area contributed by atoms with Crippen molar-refractivity contribution in [1.82, 2.24) is 4.57 Å². The summed E-state index contributed by atoms with van der Waals surface area (Å²) in [4.78, 5) is 0. The van der Waals surface area contributed by atoms with E-state index < -0.39 is 0 Å². The van der Waals surface area contributed by atoms with E-state index in [0.717, 1.165) is 29.3 Å². The van der Waals surface area contributed by atoms with Crippen LogP contribution in [0.15, 0.2) is 53.0 Å². The standard InChI is InChI=1S/C26H29BBrNO2/c1-6-7-14-29-22-15-17(28)12-13-20(22)24-19-11-9-8-10-18(19)21(16-23(24)29)27-30-25(2,3)26(4,5)31-27/h8-13,15-16H,6-7,14H2,1-5H3. The SMILES string of the molecule is CCCCn1c2cc(Br)ccc2c2c3ccccc3c(B3OC(C)(C)C(C)(C)O3)cc21. The molecule has 1 aromatic heterocycles. The highest BCUT2D eigenvalue weighted by Crippen LogP contribution is 2.39. The summed E-state index contributed by atoms with van der Waals surface area (Å²) < 4.78 is 16.5. The van der Waals surface area contributed by atoms with E-state index in [4.69, 9.17) is 9.31 Å². The molecule has 0 spiro atoms. The lowest BCUT2D eigenvalue weighted by atomic mass is 9.75. The third-order valence-electron chi connectivity index (χ3n) is 7.11. The molecule has 0 N–H and O–H groups in total. The average Bonchev–Trinajstić information content (AvgIpc) is 3.14. The monoisotopic (exact) mass is 477 g/mol. The number of aromatic nitrogens is 1. The predicted octanol–water partition coefficient (Wildman–Crippen LogP) is 6.81. The first-order valence-electron chi connectivity index (χ1n) is 11.2. The number of nitrogens with zero attached hydrogens (tertiary/aromatic N) is 1. The third-order valence-corrected chi connectivity index (χ3v) is 7.60. The van der Waals surface area contributed by atoms with Crippen LogP contribution in [-0.4, -0.2) is 22.9 Å². The molecule has 1 aliphatic heterocycles. The van der Waals surface area contributed by atoms with Crippen LogP contribution in [-0.2, 0) is 15.9 Å². The minimum Gasteiger partial charge on any atom is -0.399 e. The number of halogens is 1. The Morgan fingerprint density at radius 2 is 1.55 bits per heavy atom. The number of hydrogen-bond acceptors (Lipinski definition) is 2. The van der Waals surface area contributed by atoms with E-state index in [9.17, 15) is 0 Å². The summed E-state index contributed by atoms with van der Waals surface area (Å²) in [5.41, 5.74) is 2.90. The fraction of sp³-hybridized carbons (Fsp3) is 0.385. The Morgan fingerprint density at radius 1 is 0.871 bits per heavy atom. The van der Waals surface area contributed by atoms with Gasteiger partial charge in [-0.3, -0.25) is 0 Å². The van der Waals surface area contributed by atoms with Gasteiger partial charge in [-0.15, -0.1) is 0 Å². The molecular formula is C26H29BBrNO2. The highest BCUT2D eigenvalue weighted by Gasteiger charge is 2.52. The zero-order valence-electron chi connectivity index (χ0n) is 19.0. The fourth-order valence-electron chi connectivity index (χ4n) is 4.68. The predicted molar refractivity (Wildman–Crippen MR) is 135 cm³/mol. The smallest absolute Gasteiger partial charge is 0.399 e. The molecule has 160 valence electrons. The van der Waals surface area contributed by atoms with Crippen molar-refractivity contribution < 1.29 is 9.31 Å². The molecule has 0 radical (unpaired) electrons. The van der Waals surface area contributed by atoms with Gasteiger partial charge in [0.15, 0.2) is 0 Å². The van der Waals surface area contributed by atoms with Crippen LogP contribution in [0.3, 0.4) is 0 Å². The molecule has 0 atom stereocenters. The van der Waals surface area contributed by atoms with Gasteiger partial charge in [0.05, 0.1) is 16.7 Å². The molecule has 0 aliphatic carbocycles. The Labute approximate surface area is 193 Å². The number of benzene rings is 3. The van der Waals surface area contributed by atoms with E-state index in [1.165, 1.54) is 32.6 Å². The highest BCUT2D eigenvalue weighted by molar-refractivity contribution is 9.10. The van der Waals surface area contributed by atoms with Crippen LogP contribution >= 0.6 is 15.9 Å². The van der Waals surface area contributed by atoms with Gasteiger partial charge in [0, 0.05) is 27.3 Å². The van der Waals surface area contributed by atoms with Gasteiger partial charge in [-0.2, -0.15) is 0 Å². The van der Waals surface area contributed by atoms with Gasteiger partial charge in [0.1, 0.15) is 0 Å². The van der Waals surface area contributed by atoms with Gasteiger partial charge in [0.2, 0.25) is 0 Å². The van der Waals surface area contributed by atoms with Crippen molar-refractivity contribution in [2.45, 2.75) is 65.2 Å². The highest BCUT2D eigenvalue weighted by atomic mass is 79.9. The van der Waals surface area contributed by atoms with Crippen molar-refractivity contribution in [3.05, 3.63) is 53.0 Å². The molecule has 0 bridgehead atoms. The zero-order chi connectivity index (χ0) is 22.0. The fourth-order valence-corrected chi connectivity index (χ4v) is 5.02. The normalized spacial score (nSPS) is 17.9. The maximum absolute atomic E-state index is 6.48. The molecule has 5 heteroatoms. The summed E-state index contributed by atoms with van der Waals surface area (Å²) in [6, 6.07) is 17.6. The van der Waals surface area contributed by atoms with E-state index in [2.05, 4.69) is 104 Å². The Kier molecular flexibility index (Phi) is 5.00. The molecular weight excluding hydrogens is 449 g/mol. The molecule has 0 saturated carbocycles. The van der Waals surface area contributed by atoms with Crippen LogP contribution in [0.1, 0.15) is 47.5 Å². The molecule has 1 saturated heterocycles. The van der Waals surface area contributed by atoms with Crippen LogP contribution in [0.25, 0.3) is 32.6 Å². The van der Waals surface area contributed by atoms with Gasteiger partial charge in [-0.1, -0.05) is 59.6 Å².